The predicted molar refractivity (Wildman–Crippen MR) is 151 cm³/mol. The van der Waals surface area contributed by atoms with Gasteiger partial charge in [-0.3, -0.25) is 9.59 Å². The summed E-state index contributed by atoms with van der Waals surface area (Å²) in [6.07, 6.45) is 1.36. The number of methoxy groups -OCH3 is 2. The highest BCUT2D eigenvalue weighted by atomic mass is 16.5. The number of amides is 2. The second-order valence-corrected chi connectivity index (χ2v) is 10.4. The van der Waals surface area contributed by atoms with Crippen molar-refractivity contribution in [2.75, 3.05) is 47.6 Å². The van der Waals surface area contributed by atoms with Crippen LogP contribution in [-0.2, 0) is 16.1 Å². The average molecular weight is 523 g/mol. The first-order chi connectivity index (χ1) is 18.2. The lowest BCUT2D eigenvalue weighted by atomic mass is 9.89. The van der Waals surface area contributed by atoms with E-state index in [1.54, 1.807) is 37.3 Å². The maximum absolute atomic E-state index is 13.9. The average Bonchev–Trinajstić information content (AvgIpc) is 2.90. The van der Waals surface area contributed by atoms with Gasteiger partial charge in [0.2, 0.25) is 5.91 Å². The van der Waals surface area contributed by atoms with Gasteiger partial charge in [0.15, 0.2) is 19.5 Å². The Morgan fingerprint density at radius 3 is 2.45 bits per heavy atom. The molecular formula is C29H42BN3O5. The molecule has 0 N–H and O–H groups in total. The van der Waals surface area contributed by atoms with Crippen LogP contribution in [0.3, 0.4) is 0 Å². The number of carbonyl (C=O) groups is 2. The molecule has 0 spiro atoms. The molecule has 2 amide bonds. The van der Waals surface area contributed by atoms with Crippen LogP contribution in [0.25, 0.3) is 0 Å². The number of hydrogen-bond acceptors (Lipinski definition) is 6. The Bertz CT molecular complexity index is 1050. The van der Waals surface area contributed by atoms with Gasteiger partial charge in [-0.15, -0.1) is 0 Å². The number of rotatable bonds is 12. The number of nitrogens with zero attached hydrogens (tertiary/aromatic N) is 3. The molecule has 1 aliphatic heterocycles. The van der Waals surface area contributed by atoms with Gasteiger partial charge in [-0.05, 0) is 50.6 Å². The molecule has 2 aromatic rings. The van der Waals surface area contributed by atoms with Crippen molar-refractivity contribution in [2.24, 2.45) is 5.92 Å². The lowest BCUT2D eigenvalue weighted by Crippen LogP contribution is -2.56. The summed E-state index contributed by atoms with van der Waals surface area (Å²) in [5.74, 6) is 0.970. The van der Waals surface area contributed by atoms with Crippen LogP contribution in [0.4, 0.5) is 0 Å². The van der Waals surface area contributed by atoms with Crippen molar-refractivity contribution in [3.8, 4) is 11.5 Å². The molecule has 1 saturated heterocycles. The van der Waals surface area contributed by atoms with Crippen LogP contribution in [-0.4, -0.2) is 94.1 Å². The first kappa shape index (κ1) is 29.5. The molecule has 1 fully saturated rings. The summed E-state index contributed by atoms with van der Waals surface area (Å²) in [7, 11) is 7.12. The molecule has 8 nitrogen and oxygen atoms in total. The molecule has 2 aromatic carbocycles. The minimum absolute atomic E-state index is 0.0371. The van der Waals surface area contributed by atoms with Gasteiger partial charge in [0.05, 0.1) is 19.6 Å². The highest BCUT2D eigenvalue weighted by Crippen LogP contribution is 2.31. The van der Waals surface area contributed by atoms with E-state index in [1.165, 1.54) is 0 Å². The zero-order valence-corrected chi connectivity index (χ0v) is 23.7. The molecule has 2 unspecified atom stereocenters. The summed E-state index contributed by atoms with van der Waals surface area (Å²) in [6, 6.07) is 15.2. The van der Waals surface area contributed by atoms with Gasteiger partial charge in [-0.2, -0.15) is 0 Å². The molecular weight excluding hydrogens is 481 g/mol. The van der Waals surface area contributed by atoms with Crippen molar-refractivity contribution in [1.29, 1.82) is 0 Å². The lowest BCUT2D eigenvalue weighted by Gasteiger charge is -2.43. The molecule has 0 saturated carbocycles. The number of ether oxygens (including phenoxy) is 3. The molecule has 1 heterocycles. The van der Waals surface area contributed by atoms with E-state index < -0.39 is 0 Å². The highest BCUT2D eigenvalue weighted by Gasteiger charge is 2.37. The first-order valence-corrected chi connectivity index (χ1v) is 13.3. The third-order valence-electron chi connectivity index (χ3n) is 6.94. The molecule has 2 atom stereocenters. The molecule has 0 aliphatic carbocycles. The van der Waals surface area contributed by atoms with Crippen LogP contribution in [0, 0.1) is 5.92 Å². The molecule has 0 bridgehead atoms. The lowest BCUT2D eigenvalue weighted by molar-refractivity contribution is -0.136. The number of benzene rings is 2. The summed E-state index contributed by atoms with van der Waals surface area (Å²) in [5.41, 5.74) is 1.64. The molecule has 9 heteroatoms. The van der Waals surface area contributed by atoms with Crippen LogP contribution in [0.5, 0.6) is 11.5 Å². The molecule has 38 heavy (non-hydrogen) atoms. The quantitative estimate of drug-likeness (QED) is 0.315. The third kappa shape index (κ3) is 7.74. The SMILES string of the molecule is BN1CC(C(=O)N(C)Cc2ccccc2)CC(N(C(=O)c2ccc(OC)c(OCCCOC)c2)C(C)C)C1. The zero-order chi connectivity index (χ0) is 27.7. The standard InChI is InChI=1S/C29H42BN3O5/c1-21(2)33(29(35)23-12-13-26(37-5)27(17-23)38-15-9-14-36-4)25-16-24(19-32(30)20-25)28(34)31(3)18-22-10-7-6-8-11-22/h6-8,10-13,17,21,24-25H,9,14-16,18-20,30H2,1-5H3. The van der Waals surface area contributed by atoms with E-state index >= 15 is 0 Å². The third-order valence-corrected chi connectivity index (χ3v) is 6.94. The van der Waals surface area contributed by atoms with Gasteiger partial charge in [0, 0.05) is 57.9 Å². The van der Waals surface area contributed by atoms with Gasteiger partial charge in [-0.1, -0.05) is 30.3 Å². The number of hydrogen-bond donors (Lipinski definition) is 0. The Morgan fingerprint density at radius 1 is 1.05 bits per heavy atom. The normalized spacial score (nSPS) is 17.7. The summed E-state index contributed by atoms with van der Waals surface area (Å²) in [5, 5.41) is 0. The van der Waals surface area contributed by atoms with Crippen LogP contribution in [0.2, 0.25) is 0 Å². The van der Waals surface area contributed by atoms with E-state index in [9.17, 15) is 9.59 Å². The minimum atomic E-state index is -0.183. The van der Waals surface area contributed by atoms with Gasteiger partial charge in [0.1, 0.15) is 0 Å². The fourth-order valence-electron chi connectivity index (χ4n) is 5.19. The van der Waals surface area contributed by atoms with Crippen molar-refractivity contribution < 1.29 is 23.8 Å². The maximum atomic E-state index is 13.9. The van der Waals surface area contributed by atoms with Gasteiger partial charge in [0.25, 0.3) is 5.91 Å². The number of piperidine rings is 1. The zero-order valence-electron chi connectivity index (χ0n) is 23.7. The molecule has 206 valence electrons. The minimum Gasteiger partial charge on any atom is -0.493 e. The monoisotopic (exact) mass is 523 g/mol. The maximum Gasteiger partial charge on any atom is 0.254 e. The van der Waals surface area contributed by atoms with Crippen LogP contribution in [0.1, 0.15) is 42.6 Å². The van der Waals surface area contributed by atoms with Gasteiger partial charge >= 0.3 is 0 Å². The Kier molecular flexibility index (Phi) is 11.0. The molecule has 3 rings (SSSR count). The van der Waals surface area contributed by atoms with E-state index in [0.717, 1.165) is 12.0 Å². The van der Waals surface area contributed by atoms with Crippen molar-refractivity contribution in [3.05, 3.63) is 59.7 Å². The second kappa shape index (κ2) is 14.2. The van der Waals surface area contributed by atoms with E-state index in [1.807, 2.05) is 64.1 Å². The van der Waals surface area contributed by atoms with Crippen LogP contribution in [0.15, 0.2) is 48.5 Å². The van der Waals surface area contributed by atoms with E-state index in [0.29, 0.717) is 56.3 Å². The summed E-state index contributed by atoms with van der Waals surface area (Å²) in [4.78, 5) is 33.2. The van der Waals surface area contributed by atoms with E-state index in [-0.39, 0.29) is 29.8 Å². The fraction of sp³-hybridized carbons (Fsp3) is 0.517. The van der Waals surface area contributed by atoms with Crippen molar-refractivity contribution >= 4 is 19.8 Å². The fourth-order valence-corrected chi connectivity index (χ4v) is 5.19. The van der Waals surface area contributed by atoms with E-state index in [2.05, 4.69) is 4.81 Å². The molecule has 0 aromatic heterocycles. The largest absolute Gasteiger partial charge is 0.493 e. The predicted octanol–water partition coefficient (Wildman–Crippen LogP) is 2.86. The van der Waals surface area contributed by atoms with Crippen molar-refractivity contribution in [3.63, 3.8) is 0 Å². The summed E-state index contributed by atoms with van der Waals surface area (Å²) < 4.78 is 16.5. The Labute approximate surface area is 228 Å². The summed E-state index contributed by atoms with van der Waals surface area (Å²) in [6.45, 7) is 7.06. The van der Waals surface area contributed by atoms with Gasteiger partial charge < -0.3 is 28.8 Å². The first-order valence-electron chi connectivity index (χ1n) is 13.3. The highest BCUT2D eigenvalue weighted by molar-refractivity contribution is 6.04. The Hall–Kier alpha value is -3.04. The summed E-state index contributed by atoms with van der Waals surface area (Å²) >= 11 is 0. The Balaban J connectivity index is 1.76. The van der Waals surface area contributed by atoms with Gasteiger partial charge in [-0.25, -0.2) is 0 Å². The van der Waals surface area contributed by atoms with Crippen molar-refractivity contribution in [2.45, 2.75) is 45.3 Å². The van der Waals surface area contributed by atoms with Crippen molar-refractivity contribution in [1.82, 2.24) is 14.6 Å². The van der Waals surface area contributed by atoms with Crippen LogP contribution >= 0.6 is 0 Å². The smallest absolute Gasteiger partial charge is 0.254 e. The Morgan fingerprint density at radius 2 is 1.79 bits per heavy atom. The van der Waals surface area contributed by atoms with Crippen LogP contribution < -0.4 is 9.47 Å². The molecule has 1 aliphatic rings. The number of carbonyl (C=O) groups excluding carboxylic acids is 2. The van der Waals surface area contributed by atoms with E-state index in [4.69, 9.17) is 14.2 Å². The second-order valence-electron chi connectivity index (χ2n) is 10.4. The molecule has 0 radical (unpaired) electrons. The topological polar surface area (TPSA) is 71.6 Å².